The van der Waals surface area contributed by atoms with Gasteiger partial charge in [0.2, 0.25) is 10.0 Å². The third-order valence-corrected chi connectivity index (χ3v) is 9.97. The summed E-state index contributed by atoms with van der Waals surface area (Å²) >= 11 is 0. The molecule has 2 heterocycles. The maximum absolute atomic E-state index is 13.1. The van der Waals surface area contributed by atoms with Gasteiger partial charge in [0.15, 0.2) is 0 Å². The summed E-state index contributed by atoms with van der Waals surface area (Å²) in [5.74, 6) is 0.987. The average Bonchev–Trinajstić information content (AvgIpc) is 3.43. The number of hydrogen-bond acceptors (Lipinski definition) is 4. The second-order valence-corrected chi connectivity index (χ2v) is 14.5. The number of benzene rings is 3. The molecule has 1 aliphatic heterocycles. The summed E-state index contributed by atoms with van der Waals surface area (Å²) in [7, 11) is -3.50. The van der Waals surface area contributed by atoms with Crippen LogP contribution in [-0.2, 0) is 21.9 Å². The maximum Gasteiger partial charge on any atom is 0.324 e. The number of amides is 2. The Labute approximate surface area is 260 Å². The van der Waals surface area contributed by atoms with Gasteiger partial charge in [-0.1, -0.05) is 75.4 Å². The van der Waals surface area contributed by atoms with E-state index in [1.165, 1.54) is 0 Å². The van der Waals surface area contributed by atoms with Crippen LogP contribution in [0.25, 0.3) is 11.8 Å². The van der Waals surface area contributed by atoms with Crippen molar-refractivity contribution in [1.82, 2.24) is 14.1 Å². The number of hydrogen-bond donors (Lipinski definition) is 2. The van der Waals surface area contributed by atoms with Crippen molar-refractivity contribution in [2.75, 3.05) is 23.7 Å². The molecule has 4 aromatic rings. The topological polar surface area (TPSA) is 96.3 Å². The van der Waals surface area contributed by atoms with Gasteiger partial charge in [-0.05, 0) is 79.6 Å². The molecule has 5 rings (SSSR count). The summed E-state index contributed by atoms with van der Waals surface area (Å²) in [5, 5.41) is 10.7. The van der Waals surface area contributed by atoms with Crippen molar-refractivity contribution >= 4 is 33.6 Å². The first-order valence-electron chi connectivity index (χ1n) is 15.0. The quantitative estimate of drug-likeness (QED) is 0.217. The minimum atomic E-state index is -3.50. The van der Waals surface area contributed by atoms with Crippen molar-refractivity contribution in [2.45, 2.75) is 57.3 Å². The highest BCUT2D eigenvalue weighted by atomic mass is 32.2. The molecule has 1 saturated heterocycles. The number of aryl methyl sites for hydroxylation is 1. The molecule has 0 atom stereocenters. The van der Waals surface area contributed by atoms with Gasteiger partial charge in [-0.15, -0.1) is 0 Å². The van der Waals surface area contributed by atoms with Gasteiger partial charge >= 0.3 is 6.03 Å². The Kier molecular flexibility index (Phi) is 9.08. The maximum atomic E-state index is 13.1. The summed E-state index contributed by atoms with van der Waals surface area (Å²) in [6, 6.07) is 24.3. The lowest BCUT2D eigenvalue weighted by Gasteiger charge is -2.31. The van der Waals surface area contributed by atoms with Gasteiger partial charge < -0.3 is 5.32 Å². The Morgan fingerprint density at radius 3 is 2.18 bits per heavy atom. The van der Waals surface area contributed by atoms with E-state index in [-0.39, 0.29) is 11.4 Å². The molecule has 0 radical (unpaired) electrons. The standard InChI is InChI=1S/C35H41N5O3S/c1-6-26-11-17-31(18-12-26)44(42,43)39-21-19-28(20-22-39)23-27-9-13-29(14-10-27)36-34(41)37-33-24-32(35(3,4)5)38-40(33)30-15-7-25(2)8-16-30/h6-18,24,28H,1,19-23H2,2-5H3,(H2,36,37,41). The molecule has 1 aliphatic rings. The summed E-state index contributed by atoms with van der Waals surface area (Å²) < 4.78 is 29.5. The van der Waals surface area contributed by atoms with Crippen LogP contribution in [0.3, 0.4) is 0 Å². The van der Waals surface area contributed by atoms with Crippen LogP contribution >= 0.6 is 0 Å². The number of urea groups is 1. The second kappa shape index (κ2) is 12.8. The number of sulfonamides is 1. The number of piperidine rings is 1. The highest BCUT2D eigenvalue weighted by molar-refractivity contribution is 7.89. The Balaban J connectivity index is 1.17. The van der Waals surface area contributed by atoms with Gasteiger partial charge in [0, 0.05) is 30.3 Å². The van der Waals surface area contributed by atoms with Gasteiger partial charge in [-0.3, -0.25) is 5.32 Å². The lowest BCUT2D eigenvalue weighted by atomic mass is 9.91. The van der Waals surface area contributed by atoms with Crippen LogP contribution in [0.1, 0.15) is 56.0 Å². The van der Waals surface area contributed by atoms with Gasteiger partial charge in [-0.2, -0.15) is 9.40 Å². The summed E-state index contributed by atoms with van der Waals surface area (Å²) in [4.78, 5) is 13.3. The molecule has 2 N–H and O–H groups in total. The van der Waals surface area contributed by atoms with Gasteiger partial charge in [-0.25, -0.2) is 17.9 Å². The first kappa shape index (κ1) is 31.2. The monoisotopic (exact) mass is 611 g/mol. The molecular weight excluding hydrogens is 570 g/mol. The summed E-state index contributed by atoms with van der Waals surface area (Å²) in [5.41, 5.74) is 5.46. The molecule has 0 spiro atoms. The molecule has 2 amide bonds. The van der Waals surface area contributed by atoms with E-state index in [2.05, 4.69) is 38.0 Å². The normalized spacial score (nSPS) is 14.7. The third-order valence-electron chi connectivity index (χ3n) is 8.06. The van der Waals surface area contributed by atoms with E-state index in [0.717, 1.165) is 47.3 Å². The van der Waals surface area contributed by atoms with E-state index < -0.39 is 10.0 Å². The second-order valence-electron chi connectivity index (χ2n) is 12.5. The van der Waals surface area contributed by atoms with Gasteiger partial charge in [0.05, 0.1) is 16.3 Å². The number of nitrogens with zero attached hydrogens (tertiary/aromatic N) is 3. The fraction of sp³-hybridized carbons (Fsp3) is 0.314. The Morgan fingerprint density at radius 1 is 0.955 bits per heavy atom. The van der Waals surface area contributed by atoms with Crippen molar-refractivity contribution in [3.05, 3.63) is 108 Å². The van der Waals surface area contributed by atoms with E-state index >= 15 is 0 Å². The predicted molar refractivity (Wildman–Crippen MR) is 178 cm³/mol. The Morgan fingerprint density at radius 2 is 1.59 bits per heavy atom. The van der Waals surface area contributed by atoms with Crippen LogP contribution in [-0.4, -0.2) is 41.6 Å². The zero-order valence-electron chi connectivity index (χ0n) is 25.9. The van der Waals surface area contributed by atoms with Crippen LogP contribution in [0, 0.1) is 12.8 Å². The van der Waals surface area contributed by atoms with Gasteiger partial charge in [0.25, 0.3) is 0 Å². The molecule has 1 aromatic heterocycles. The van der Waals surface area contributed by atoms with Crippen molar-refractivity contribution in [3.63, 3.8) is 0 Å². The third kappa shape index (κ3) is 7.29. The Hall–Kier alpha value is -4.21. The molecule has 9 heteroatoms. The molecule has 0 aliphatic carbocycles. The van der Waals surface area contributed by atoms with Crippen LogP contribution in [0.15, 0.2) is 90.3 Å². The zero-order chi connectivity index (χ0) is 31.5. The highest BCUT2D eigenvalue weighted by Gasteiger charge is 2.29. The molecule has 230 valence electrons. The fourth-order valence-electron chi connectivity index (χ4n) is 5.33. The predicted octanol–water partition coefficient (Wildman–Crippen LogP) is 7.41. The van der Waals surface area contributed by atoms with Crippen LogP contribution in [0.4, 0.5) is 16.3 Å². The fourth-order valence-corrected chi connectivity index (χ4v) is 6.80. The van der Waals surface area contributed by atoms with E-state index in [0.29, 0.717) is 35.4 Å². The van der Waals surface area contributed by atoms with E-state index in [4.69, 9.17) is 5.10 Å². The van der Waals surface area contributed by atoms with Crippen molar-refractivity contribution < 1.29 is 13.2 Å². The number of carbonyl (C=O) groups excluding carboxylic acids is 1. The van der Waals surface area contributed by atoms with E-state index in [1.54, 1.807) is 39.3 Å². The van der Waals surface area contributed by atoms with Crippen LogP contribution in [0.5, 0.6) is 0 Å². The van der Waals surface area contributed by atoms with Crippen molar-refractivity contribution in [3.8, 4) is 5.69 Å². The molecular formula is C35H41N5O3S. The number of anilines is 2. The lowest BCUT2D eigenvalue weighted by Crippen LogP contribution is -2.38. The molecule has 8 nitrogen and oxygen atoms in total. The molecule has 3 aromatic carbocycles. The van der Waals surface area contributed by atoms with Gasteiger partial charge in [0.1, 0.15) is 5.82 Å². The minimum absolute atomic E-state index is 0.179. The van der Waals surface area contributed by atoms with Crippen LogP contribution in [0.2, 0.25) is 0 Å². The highest BCUT2D eigenvalue weighted by Crippen LogP contribution is 2.28. The number of aromatic nitrogens is 2. The molecule has 0 saturated carbocycles. The SMILES string of the molecule is C=Cc1ccc(S(=O)(=O)N2CCC(Cc3ccc(NC(=O)Nc4cc(C(C)(C)C)nn4-c4ccc(C)cc4)cc3)CC2)cc1. The number of rotatable bonds is 8. The van der Waals surface area contributed by atoms with E-state index in [1.807, 2.05) is 61.5 Å². The van der Waals surface area contributed by atoms with Crippen molar-refractivity contribution in [1.29, 1.82) is 0 Å². The Bertz CT molecular complexity index is 1710. The molecule has 44 heavy (non-hydrogen) atoms. The summed E-state index contributed by atoms with van der Waals surface area (Å²) in [6.45, 7) is 13.0. The first-order valence-corrected chi connectivity index (χ1v) is 16.4. The minimum Gasteiger partial charge on any atom is -0.308 e. The molecule has 0 unspecified atom stereocenters. The average molecular weight is 612 g/mol. The largest absolute Gasteiger partial charge is 0.324 e. The van der Waals surface area contributed by atoms with Crippen molar-refractivity contribution in [2.24, 2.45) is 5.92 Å². The van der Waals surface area contributed by atoms with Crippen LogP contribution < -0.4 is 10.6 Å². The molecule has 1 fully saturated rings. The lowest BCUT2D eigenvalue weighted by molar-refractivity contribution is 0.262. The number of carbonyl (C=O) groups is 1. The smallest absolute Gasteiger partial charge is 0.308 e. The zero-order valence-corrected chi connectivity index (χ0v) is 26.7. The first-order chi connectivity index (χ1) is 20.9. The number of nitrogens with one attached hydrogen (secondary N) is 2. The van der Waals surface area contributed by atoms with E-state index in [9.17, 15) is 13.2 Å². The molecule has 0 bridgehead atoms. The summed E-state index contributed by atoms with van der Waals surface area (Å²) in [6.07, 6.45) is 4.17.